The van der Waals surface area contributed by atoms with E-state index in [2.05, 4.69) is 26.0 Å². The van der Waals surface area contributed by atoms with E-state index in [0.29, 0.717) is 18.2 Å². The molecule has 1 aromatic carbocycles. The zero-order valence-corrected chi connectivity index (χ0v) is 11.7. The number of benzene rings is 1. The van der Waals surface area contributed by atoms with Crippen molar-refractivity contribution in [1.29, 1.82) is 0 Å². The molecule has 0 spiro atoms. The van der Waals surface area contributed by atoms with Gasteiger partial charge in [-0.2, -0.15) is 0 Å². The number of carbonyl (C=O) groups is 1. The number of nitrogens with zero attached hydrogens (tertiary/aromatic N) is 3. The zero-order chi connectivity index (χ0) is 13.4. The maximum atomic E-state index is 11.6. The van der Waals surface area contributed by atoms with Gasteiger partial charge >= 0.3 is 5.97 Å². The van der Waals surface area contributed by atoms with Crippen LogP contribution in [-0.4, -0.2) is 27.3 Å². The Hall–Kier alpha value is -1.89. The van der Waals surface area contributed by atoms with E-state index < -0.39 is 5.97 Å². The fourth-order valence-electron chi connectivity index (χ4n) is 1.83. The third-order valence-corrected chi connectivity index (χ3v) is 3.13. The van der Waals surface area contributed by atoms with E-state index in [1.807, 2.05) is 18.2 Å². The molecule has 0 amide bonds. The Morgan fingerprint density at radius 3 is 3.21 bits per heavy atom. The molecular formula is C12H10BrN3O3. The van der Waals surface area contributed by atoms with Crippen LogP contribution in [0.25, 0.3) is 5.69 Å². The van der Waals surface area contributed by atoms with Crippen LogP contribution in [0.15, 0.2) is 22.7 Å². The standard InChI is InChI=1S/C12H10BrN3O3/c1-2-18-12(17)11-14-10-6-19-9-5-7(13)3-4-8(9)16(10)15-11/h3-5H,2,6H2,1H3. The number of hydrogen-bond donors (Lipinski definition) is 0. The van der Waals surface area contributed by atoms with E-state index in [0.717, 1.165) is 10.2 Å². The van der Waals surface area contributed by atoms with Crippen LogP contribution in [0.2, 0.25) is 0 Å². The summed E-state index contributed by atoms with van der Waals surface area (Å²) in [4.78, 5) is 15.8. The second kappa shape index (κ2) is 4.65. The highest BCUT2D eigenvalue weighted by molar-refractivity contribution is 9.10. The number of fused-ring (bicyclic) bond motifs is 3. The minimum atomic E-state index is -0.525. The van der Waals surface area contributed by atoms with E-state index in [1.165, 1.54) is 0 Å². The van der Waals surface area contributed by atoms with Crippen molar-refractivity contribution in [2.45, 2.75) is 13.5 Å². The summed E-state index contributed by atoms with van der Waals surface area (Å²) in [7, 11) is 0. The van der Waals surface area contributed by atoms with Gasteiger partial charge in [-0.25, -0.2) is 14.5 Å². The van der Waals surface area contributed by atoms with E-state index in [-0.39, 0.29) is 12.4 Å². The highest BCUT2D eigenvalue weighted by Crippen LogP contribution is 2.31. The Morgan fingerprint density at radius 2 is 2.42 bits per heavy atom. The first kappa shape index (κ1) is 12.2. The molecule has 0 saturated heterocycles. The lowest BCUT2D eigenvalue weighted by Crippen LogP contribution is -2.14. The van der Waals surface area contributed by atoms with Crippen molar-refractivity contribution in [3.63, 3.8) is 0 Å². The van der Waals surface area contributed by atoms with Gasteiger partial charge in [0.15, 0.2) is 5.82 Å². The van der Waals surface area contributed by atoms with Gasteiger partial charge in [0.2, 0.25) is 0 Å². The molecule has 19 heavy (non-hydrogen) atoms. The first-order valence-electron chi connectivity index (χ1n) is 5.75. The van der Waals surface area contributed by atoms with Gasteiger partial charge < -0.3 is 9.47 Å². The normalized spacial score (nSPS) is 12.3. The highest BCUT2D eigenvalue weighted by atomic mass is 79.9. The highest BCUT2D eigenvalue weighted by Gasteiger charge is 2.24. The Morgan fingerprint density at radius 1 is 1.58 bits per heavy atom. The predicted octanol–water partition coefficient (Wildman–Crippen LogP) is 2.10. The monoisotopic (exact) mass is 323 g/mol. The minimum absolute atomic E-state index is 0.0521. The van der Waals surface area contributed by atoms with Gasteiger partial charge in [0.05, 0.1) is 6.61 Å². The maximum Gasteiger partial charge on any atom is 0.378 e. The van der Waals surface area contributed by atoms with Gasteiger partial charge in [0.25, 0.3) is 5.82 Å². The summed E-state index contributed by atoms with van der Waals surface area (Å²) < 4.78 is 13.0. The Labute approximate surface area is 117 Å². The van der Waals surface area contributed by atoms with Crippen molar-refractivity contribution in [3.8, 4) is 11.4 Å². The molecule has 0 aliphatic carbocycles. The molecule has 0 unspecified atom stereocenters. The number of rotatable bonds is 2. The molecule has 2 aromatic rings. The molecular weight excluding hydrogens is 314 g/mol. The fraction of sp³-hybridized carbons (Fsp3) is 0.250. The van der Waals surface area contributed by atoms with Crippen LogP contribution < -0.4 is 4.74 Å². The summed E-state index contributed by atoms with van der Waals surface area (Å²) in [6, 6.07) is 5.58. The van der Waals surface area contributed by atoms with Crippen LogP contribution in [0.1, 0.15) is 23.4 Å². The first-order chi connectivity index (χ1) is 9.19. The molecule has 0 radical (unpaired) electrons. The van der Waals surface area contributed by atoms with Gasteiger partial charge in [0.1, 0.15) is 18.0 Å². The van der Waals surface area contributed by atoms with Gasteiger partial charge in [0, 0.05) is 4.47 Å². The van der Waals surface area contributed by atoms with Crippen molar-refractivity contribution in [3.05, 3.63) is 34.3 Å². The smallest absolute Gasteiger partial charge is 0.378 e. The molecule has 1 aliphatic heterocycles. The Kier molecular flexibility index (Phi) is 2.98. The average Bonchev–Trinajstić information content (AvgIpc) is 2.82. The summed E-state index contributed by atoms with van der Waals surface area (Å²) in [5, 5.41) is 4.18. The lowest BCUT2D eigenvalue weighted by Gasteiger charge is -2.17. The van der Waals surface area contributed by atoms with Crippen LogP contribution in [0.4, 0.5) is 0 Å². The van der Waals surface area contributed by atoms with Crippen LogP contribution in [0, 0.1) is 0 Å². The second-order valence-corrected chi connectivity index (χ2v) is 4.80. The Bertz CT molecular complexity index is 654. The first-order valence-corrected chi connectivity index (χ1v) is 6.54. The van der Waals surface area contributed by atoms with Gasteiger partial charge in [-0.3, -0.25) is 0 Å². The number of hydrogen-bond acceptors (Lipinski definition) is 5. The molecule has 3 rings (SSSR count). The summed E-state index contributed by atoms with van der Waals surface area (Å²) in [5.41, 5.74) is 0.757. The van der Waals surface area contributed by atoms with Crippen LogP contribution >= 0.6 is 15.9 Å². The largest absolute Gasteiger partial charge is 0.483 e. The average molecular weight is 324 g/mol. The maximum absolute atomic E-state index is 11.6. The van der Waals surface area contributed by atoms with E-state index in [1.54, 1.807) is 11.6 Å². The number of esters is 1. The summed E-state index contributed by atoms with van der Waals surface area (Å²) in [6.07, 6.45) is 0. The Balaban J connectivity index is 2.04. The van der Waals surface area contributed by atoms with E-state index >= 15 is 0 Å². The number of halogens is 1. The third-order valence-electron chi connectivity index (χ3n) is 2.64. The SMILES string of the molecule is CCOC(=O)c1nc2n(n1)-c1ccc(Br)cc1OC2. The molecule has 7 heteroatoms. The summed E-state index contributed by atoms with van der Waals surface area (Å²) >= 11 is 3.38. The molecule has 2 heterocycles. The van der Waals surface area contributed by atoms with E-state index in [9.17, 15) is 4.79 Å². The lowest BCUT2D eigenvalue weighted by molar-refractivity contribution is 0.0512. The van der Waals surface area contributed by atoms with Crippen LogP contribution in [0.3, 0.4) is 0 Å². The quantitative estimate of drug-likeness (QED) is 0.792. The minimum Gasteiger partial charge on any atom is -0.483 e. The van der Waals surface area contributed by atoms with Gasteiger partial charge in [-0.1, -0.05) is 15.9 Å². The molecule has 0 bridgehead atoms. The lowest BCUT2D eigenvalue weighted by atomic mass is 10.2. The molecule has 0 N–H and O–H groups in total. The molecule has 0 saturated carbocycles. The topological polar surface area (TPSA) is 66.2 Å². The molecule has 0 atom stereocenters. The van der Waals surface area contributed by atoms with Crippen molar-refractivity contribution < 1.29 is 14.3 Å². The fourth-order valence-corrected chi connectivity index (χ4v) is 2.17. The van der Waals surface area contributed by atoms with Crippen molar-refractivity contribution >= 4 is 21.9 Å². The molecule has 0 fully saturated rings. The molecule has 6 nitrogen and oxygen atoms in total. The van der Waals surface area contributed by atoms with Crippen molar-refractivity contribution in [1.82, 2.24) is 14.8 Å². The molecule has 1 aromatic heterocycles. The number of ether oxygens (including phenoxy) is 2. The number of carbonyl (C=O) groups excluding carboxylic acids is 1. The third kappa shape index (κ3) is 2.10. The van der Waals surface area contributed by atoms with E-state index in [4.69, 9.17) is 9.47 Å². The van der Waals surface area contributed by atoms with Gasteiger partial charge in [-0.15, -0.1) is 5.10 Å². The second-order valence-electron chi connectivity index (χ2n) is 3.88. The van der Waals surface area contributed by atoms with Crippen LogP contribution in [-0.2, 0) is 11.3 Å². The number of aromatic nitrogens is 3. The summed E-state index contributed by atoms with van der Waals surface area (Å²) in [5.74, 6) is 0.805. The van der Waals surface area contributed by atoms with Gasteiger partial charge in [-0.05, 0) is 25.1 Å². The summed E-state index contributed by atoms with van der Waals surface area (Å²) in [6.45, 7) is 2.31. The van der Waals surface area contributed by atoms with Crippen LogP contribution in [0.5, 0.6) is 5.75 Å². The van der Waals surface area contributed by atoms with Crippen molar-refractivity contribution in [2.24, 2.45) is 0 Å². The predicted molar refractivity (Wildman–Crippen MR) is 69.3 cm³/mol. The van der Waals surface area contributed by atoms with Crippen molar-refractivity contribution in [2.75, 3.05) is 6.61 Å². The molecule has 1 aliphatic rings. The zero-order valence-electron chi connectivity index (χ0n) is 10.1. The molecule has 98 valence electrons.